The molecule has 0 N–H and O–H groups in total. The molecule has 1 unspecified atom stereocenters. The molecule has 0 aromatic heterocycles. The molecule has 0 saturated carbocycles. The highest BCUT2D eigenvalue weighted by Crippen LogP contribution is 2.04. The first-order valence-electron chi connectivity index (χ1n) is 4.28. The fourth-order valence-electron chi connectivity index (χ4n) is 1.17. The van der Waals surface area contributed by atoms with Crippen molar-refractivity contribution in [2.45, 2.75) is 13.3 Å². The molecule has 0 bridgehead atoms. The molecule has 0 aliphatic rings. The minimum absolute atomic E-state index is 0.212. The summed E-state index contributed by atoms with van der Waals surface area (Å²) >= 11 is 0. The number of rotatable bonds is 4. The van der Waals surface area contributed by atoms with E-state index in [2.05, 4.69) is 11.8 Å². The van der Waals surface area contributed by atoms with E-state index in [9.17, 15) is 4.79 Å². The second-order valence-electron chi connectivity index (χ2n) is 3.86. The zero-order chi connectivity index (χ0) is 9.72. The van der Waals surface area contributed by atoms with Gasteiger partial charge in [-0.2, -0.15) is 0 Å². The quantitative estimate of drug-likeness (QED) is 0.622. The molecule has 3 heteroatoms. The van der Waals surface area contributed by atoms with Gasteiger partial charge >= 0.3 is 0 Å². The molecule has 1 atom stereocenters. The molecule has 12 heavy (non-hydrogen) atoms. The van der Waals surface area contributed by atoms with Gasteiger partial charge in [0.15, 0.2) is 0 Å². The van der Waals surface area contributed by atoms with Crippen LogP contribution in [0.4, 0.5) is 0 Å². The summed E-state index contributed by atoms with van der Waals surface area (Å²) in [6.45, 7) is 3.07. The molecule has 0 aromatic rings. The zero-order valence-electron chi connectivity index (χ0n) is 8.79. The van der Waals surface area contributed by atoms with Gasteiger partial charge in [0.05, 0.1) is 0 Å². The molecule has 0 aliphatic carbocycles. The van der Waals surface area contributed by atoms with Gasteiger partial charge in [0.1, 0.15) is 0 Å². The Balaban J connectivity index is 3.69. The van der Waals surface area contributed by atoms with E-state index in [4.69, 9.17) is 0 Å². The molecule has 0 radical (unpaired) electrons. The lowest BCUT2D eigenvalue weighted by atomic mass is 10.1. The average molecular weight is 172 g/mol. The van der Waals surface area contributed by atoms with Gasteiger partial charge in [-0.25, -0.2) is 0 Å². The van der Waals surface area contributed by atoms with E-state index in [0.717, 1.165) is 6.54 Å². The molecular formula is C9H20N2O. The van der Waals surface area contributed by atoms with Crippen molar-refractivity contribution in [3.05, 3.63) is 0 Å². The van der Waals surface area contributed by atoms with Crippen LogP contribution in [-0.4, -0.2) is 50.4 Å². The Bertz CT molecular complexity index is 143. The predicted molar refractivity (Wildman–Crippen MR) is 51.0 cm³/mol. The highest BCUT2D eigenvalue weighted by atomic mass is 16.2. The fourth-order valence-corrected chi connectivity index (χ4v) is 1.17. The van der Waals surface area contributed by atoms with Crippen molar-refractivity contribution in [1.82, 2.24) is 9.80 Å². The zero-order valence-corrected chi connectivity index (χ0v) is 8.79. The van der Waals surface area contributed by atoms with Crippen LogP contribution >= 0.6 is 0 Å². The Morgan fingerprint density at radius 3 is 2.08 bits per heavy atom. The van der Waals surface area contributed by atoms with E-state index in [1.807, 2.05) is 14.1 Å². The summed E-state index contributed by atoms with van der Waals surface area (Å²) in [6, 6.07) is 0. The summed E-state index contributed by atoms with van der Waals surface area (Å²) in [4.78, 5) is 15.0. The van der Waals surface area contributed by atoms with Crippen LogP contribution in [0.5, 0.6) is 0 Å². The minimum Gasteiger partial charge on any atom is -0.349 e. The summed E-state index contributed by atoms with van der Waals surface area (Å²) < 4.78 is 0. The van der Waals surface area contributed by atoms with Gasteiger partial charge in [-0.3, -0.25) is 4.79 Å². The van der Waals surface area contributed by atoms with Gasteiger partial charge in [0, 0.05) is 27.1 Å². The van der Waals surface area contributed by atoms with Gasteiger partial charge in [-0.1, -0.05) is 6.92 Å². The number of nitrogens with zero attached hydrogens (tertiary/aromatic N) is 2. The van der Waals surface area contributed by atoms with Gasteiger partial charge in [0.25, 0.3) is 0 Å². The molecule has 0 aromatic carbocycles. The number of hydrogen-bond donors (Lipinski definition) is 0. The molecule has 0 heterocycles. The van der Waals surface area contributed by atoms with Crippen LogP contribution in [0.2, 0.25) is 0 Å². The van der Waals surface area contributed by atoms with Crippen LogP contribution in [0.3, 0.4) is 0 Å². The lowest BCUT2D eigenvalue weighted by Crippen LogP contribution is -2.27. The van der Waals surface area contributed by atoms with Crippen molar-refractivity contribution < 1.29 is 4.79 Å². The van der Waals surface area contributed by atoms with Gasteiger partial charge in [-0.15, -0.1) is 0 Å². The molecule has 0 rings (SSSR count). The standard InChI is InChI=1S/C9H20N2O/c1-8(7-10(2)3)6-9(12)11(4)5/h8H,6-7H2,1-5H3. The average Bonchev–Trinajstić information content (AvgIpc) is 1.84. The molecular weight excluding hydrogens is 152 g/mol. The van der Waals surface area contributed by atoms with Crippen molar-refractivity contribution in [2.24, 2.45) is 5.92 Å². The second kappa shape index (κ2) is 5.14. The van der Waals surface area contributed by atoms with E-state index >= 15 is 0 Å². The lowest BCUT2D eigenvalue weighted by molar-refractivity contribution is -0.129. The Morgan fingerprint density at radius 2 is 1.75 bits per heavy atom. The first-order chi connectivity index (χ1) is 5.43. The maximum absolute atomic E-state index is 11.2. The van der Waals surface area contributed by atoms with E-state index in [0.29, 0.717) is 12.3 Å². The van der Waals surface area contributed by atoms with Crippen molar-refractivity contribution in [3.8, 4) is 0 Å². The van der Waals surface area contributed by atoms with Gasteiger partial charge < -0.3 is 9.80 Å². The monoisotopic (exact) mass is 172 g/mol. The molecule has 0 spiro atoms. The third-order valence-electron chi connectivity index (χ3n) is 1.70. The summed E-state index contributed by atoms with van der Waals surface area (Å²) in [5.74, 6) is 0.652. The van der Waals surface area contributed by atoms with Gasteiger partial charge in [-0.05, 0) is 20.0 Å². The Hall–Kier alpha value is -0.570. The maximum atomic E-state index is 11.2. The van der Waals surface area contributed by atoms with Crippen LogP contribution < -0.4 is 0 Å². The Kier molecular flexibility index (Phi) is 4.90. The van der Waals surface area contributed by atoms with Crippen LogP contribution in [0, 0.1) is 5.92 Å². The summed E-state index contributed by atoms with van der Waals surface area (Å²) in [5, 5.41) is 0. The normalized spacial score (nSPS) is 13.2. The molecule has 0 fully saturated rings. The van der Waals surface area contributed by atoms with E-state index in [1.54, 1.807) is 19.0 Å². The highest BCUT2D eigenvalue weighted by molar-refractivity contribution is 5.75. The largest absolute Gasteiger partial charge is 0.349 e. The molecule has 0 saturated heterocycles. The van der Waals surface area contributed by atoms with Crippen molar-refractivity contribution >= 4 is 5.91 Å². The first kappa shape index (κ1) is 11.4. The topological polar surface area (TPSA) is 23.6 Å². The molecule has 3 nitrogen and oxygen atoms in total. The third-order valence-corrected chi connectivity index (χ3v) is 1.70. The van der Waals surface area contributed by atoms with Crippen LogP contribution in [-0.2, 0) is 4.79 Å². The molecule has 1 amide bonds. The number of amides is 1. The van der Waals surface area contributed by atoms with E-state index < -0.39 is 0 Å². The summed E-state index contributed by atoms with van der Waals surface area (Å²) in [5.41, 5.74) is 0. The molecule has 72 valence electrons. The van der Waals surface area contributed by atoms with Crippen molar-refractivity contribution in [1.29, 1.82) is 0 Å². The lowest BCUT2D eigenvalue weighted by Gasteiger charge is -2.18. The summed E-state index contributed by atoms with van der Waals surface area (Å²) in [7, 11) is 7.64. The van der Waals surface area contributed by atoms with E-state index in [1.165, 1.54) is 0 Å². The van der Waals surface area contributed by atoms with Crippen LogP contribution in [0.15, 0.2) is 0 Å². The van der Waals surface area contributed by atoms with Crippen LogP contribution in [0.1, 0.15) is 13.3 Å². The number of hydrogen-bond acceptors (Lipinski definition) is 2. The Labute approximate surface area is 75.3 Å². The number of carbonyl (C=O) groups excluding carboxylic acids is 1. The Morgan fingerprint density at radius 1 is 1.25 bits per heavy atom. The van der Waals surface area contributed by atoms with Crippen LogP contribution in [0.25, 0.3) is 0 Å². The van der Waals surface area contributed by atoms with Gasteiger partial charge in [0.2, 0.25) is 5.91 Å². The first-order valence-corrected chi connectivity index (χ1v) is 4.28. The van der Waals surface area contributed by atoms with Crippen molar-refractivity contribution in [2.75, 3.05) is 34.7 Å². The van der Waals surface area contributed by atoms with Crippen molar-refractivity contribution in [3.63, 3.8) is 0 Å². The number of carbonyl (C=O) groups is 1. The fraction of sp³-hybridized carbons (Fsp3) is 0.889. The SMILES string of the molecule is CC(CC(=O)N(C)C)CN(C)C. The maximum Gasteiger partial charge on any atom is 0.222 e. The smallest absolute Gasteiger partial charge is 0.222 e. The summed E-state index contributed by atoms with van der Waals surface area (Å²) in [6.07, 6.45) is 0.644. The predicted octanol–water partition coefficient (Wildman–Crippen LogP) is 0.662. The second-order valence-corrected chi connectivity index (χ2v) is 3.86. The highest BCUT2D eigenvalue weighted by Gasteiger charge is 2.10. The molecule has 0 aliphatic heterocycles. The third kappa shape index (κ3) is 5.13. The minimum atomic E-state index is 0.212. The van der Waals surface area contributed by atoms with E-state index in [-0.39, 0.29) is 5.91 Å².